The van der Waals surface area contributed by atoms with Crippen LogP contribution in [0.4, 0.5) is 0 Å². The topological polar surface area (TPSA) is 67.2 Å². The second-order valence-electron chi connectivity index (χ2n) is 5.11. The Morgan fingerprint density at radius 1 is 1.22 bits per heavy atom. The molecule has 2 aromatic carbocycles. The van der Waals surface area contributed by atoms with Crippen LogP contribution in [0.25, 0.3) is 21.6 Å². The van der Waals surface area contributed by atoms with Gasteiger partial charge in [0.1, 0.15) is 12.5 Å². The molecule has 0 N–H and O–H groups in total. The molecule has 0 bridgehead atoms. The summed E-state index contributed by atoms with van der Waals surface area (Å²) in [6, 6.07) is 11.9. The van der Waals surface area contributed by atoms with Crippen LogP contribution in [0.5, 0.6) is 0 Å². The quantitative estimate of drug-likeness (QED) is 0.414. The van der Waals surface area contributed by atoms with Crippen LogP contribution < -0.4 is 0 Å². The fourth-order valence-electron chi connectivity index (χ4n) is 2.60. The lowest BCUT2D eigenvalue weighted by Crippen LogP contribution is -2.04. The lowest BCUT2D eigenvalue weighted by molar-refractivity contribution is -0.0251. The second kappa shape index (κ2) is 6.65. The van der Waals surface area contributed by atoms with Crippen molar-refractivity contribution in [3.05, 3.63) is 81.1 Å². The van der Waals surface area contributed by atoms with Crippen LogP contribution in [0.2, 0.25) is 5.02 Å². The van der Waals surface area contributed by atoms with E-state index in [1.807, 2.05) is 43.3 Å². The summed E-state index contributed by atoms with van der Waals surface area (Å²) >= 11 is 6.47. The van der Waals surface area contributed by atoms with E-state index in [2.05, 4.69) is 10.0 Å². The molecule has 116 valence electrons. The van der Waals surface area contributed by atoms with Gasteiger partial charge in [-0.3, -0.25) is 0 Å². The van der Waals surface area contributed by atoms with Crippen LogP contribution in [-0.4, -0.2) is 0 Å². The third-order valence-corrected chi connectivity index (χ3v) is 3.98. The molecule has 1 aliphatic rings. The molecule has 0 atom stereocenters. The third kappa shape index (κ3) is 3.11. The fraction of sp³-hybridized carbons (Fsp3) is 0.176. The number of aryl methyl sites for hydroxylation is 1. The van der Waals surface area contributed by atoms with Gasteiger partial charge in [0.25, 0.3) is 6.29 Å². The van der Waals surface area contributed by atoms with E-state index < -0.39 is 6.29 Å². The van der Waals surface area contributed by atoms with E-state index in [0.29, 0.717) is 10.6 Å². The average Bonchev–Trinajstić information content (AvgIpc) is 3.06. The van der Waals surface area contributed by atoms with Gasteiger partial charge >= 0.3 is 0 Å². The van der Waals surface area contributed by atoms with E-state index in [4.69, 9.17) is 26.6 Å². The Hall–Kier alpha value is -2.62. The molecule has 0 fully saturated rings. The molecule has 2 aromatic rings. The summed E-state index contributed by atoms with van der Waals surface area (Å²) in [6.45, 7) is 2.21. The first kappa shape index (κ1) is 15.3. The fourth-order valence-corrected chi connectivity index (χ4v) is 2.93. The number of benzene rings is 2. The molecule has 6 heteroatoms. The molecule has 1 aliphatic heterocycles. The first-order valence-corrected chi connectivity index (χ1v) is 7.43. The Morgan fingerprint density at radius 2 is 1.96 bits per heavy atom. The normalized spacial score (nSPS) is 13.3. The zero-order chi connectivity index (χ0) is 16.2. The Labute approximate surface area is 138 Å². The van der Waals surface area contributed by atoms with Crippen molar-refractivity contribution < 1.29 is 9.47 Å². The van der Waals surface area contributed by atoms with Gasteiger partial charge in [0, 0.05) is 4.91 Å². The van der Waals surface area contributed by atoms with Gasteiger partial charge in [0.15, 0.2) is 0 Å². The Morgan fingerprint density at radius 3 is 2.65 bits per heavy atom. The first-order chi connectivity index (χ1) is 11.2. The second-order valence-corrected chi connectivity index (χ2v) is 5.52. The molecule has 0 saturated carbocycles. The molecule has 5 nitrogen and oxygen atoms in total. The van der Waals surface area contributed by atoms with Crippen molar-refractivity contribution in [1.82, 2.24) is 0 Å². The van der Waals surface area contributed by atoms with Crippen molar-refractivity contribution in [2.75, 3.05) is 0 Å². The summed E-state index contributed by atoms with van der Waals surface area (Å²) in [5.74, 6) is 0. The summed E-state index contributed by atoms with van der Waals surface area (Å²) in [5, 5.41) is 4.18. The smallest absolute Gasteiger partial charge is 0.268 e. The molecule has 0 aliphatic carbocycles. The van der Waals surface area contributed by atoms with Gasteiger partial charge in [0.05, 0.1) is 17.1 Å². The molecule has 0 saturated heterocycles. The van der Waals surface area contributed by atoms with Gasteiger partial charge in [-0.05, 0) is 40.8 Å². The van der Waals surface area contributed by atoms with Crippen molar-refractivity contribution in [2.45, 2.75) is 19.8 Å². The maximum atomic E-state index is 8.63. The summed E-state index contributed by atoms with van der Waals surface area (Å²) in [6.07, 6.45) is 2.32. The highest BCUT2D eigenvalue weighted by Crippen LogP contribution is 2.37. The number of halogens is 1. The molecule has 0 unspecified atom stereocenters. The zero-order valence-corrected chi connectivity index (χ0v) is 13.2. The van der Waals surface area contributed by atoms with Gasteiger partial charge < -0.3 is 9.47 Å². The number of nitrogens with zero attached hydrogens (tertiary/aromatic N) is 3. The van der Waals surface area contributed by atoms with Crippen LogP contribution >= 0.6 is 11.6 Å². The maximum Gasteiger partial charge on any atom is 0.268 e. The van der Waals surface area contributed by atoms with E-state index >= 15 is 0 Å². The van der Waals surface area contributed by atoms with E-state index in [1.165, 1.54) is 12.5 Å². The molecule has 3 rings (SSSR count). The monoisotopic (exact) mass is 327 g/mol. The van der Waals surface area contributed by atoms with Crippen LogP contribution in [0.1, 0.15) is 23.0 Å². The predicted molar refractivity (Wildman–Crippen MR) is 88.5 cm³/mol. The lowest BCUT2D eigenvalue weighted by Gasteiger charge is -2.18. The van der Waals surface area contributed by atoms with E-state index in [-0.39, 0.29) is 6.54 Å². The lowest BCUT2D eigenvalue weighted by atomic mass is 9.96. The van der Waals surface area contributed by atoms with Crippen molar-refractivity contribution in [1.29, 1.82) is 0 Å². The van der Waals surface area contributed by atoms with Crippen LogP contribution in [0.15, 0.2) is 54.0 Å². The summed E-state index contributed by atoms with van der Waals surface area (Å²) in [7, 11) is 0. The van der Waals surface area contributed by atoms with Gasteiger partial charge in [-0.2, -0.15) is 0 Å². The number of hydrogen-bond donors (Lipinski definition) is 0. The van der Waals surface area contributed by atoms with Crippen molar-refractivity contribution >= 4 is 11.6 Å². The molecular formula is C17H14ClN3O2. The van der Waals surface area contributed by atoms with Gasteiger partial charge in [-0.1, -0.05) is 47.0 Å². The SMILES string of the molecule is Cc1ccccc1-c1cc(Cl)c(C2OC=CO2)c(CN=[N+]=[N-])c1. The molecule has 0 amide bonds. The van der Waals surface area contributed by atoms with Crippen LogP contribution in [0, 0.1) is 6.92 Å². The number of hydrogen-bond acceptors (Lipinski definition) is 3. The molecule has 1 heterocycles. The minimum atomic E-state index is -0.614. The highest BCUT2D eigenvalue weighted by atomic mass is 35.5. The summed E-state index contributed by atoms with van der Waals surface area (Å²) in [5.41, 5.74) is 13.3. The Balaban J connectivity index is 2.12. The molecule has 23 heavy (non-hydrogen) atoms. The van der Waals surface area contributed by atoms with Gasteiger partial charge in [-0.25, -0.2) is 0 Å². The van der Waals surface area contributed by atoms with E-state index in [0.717, 1.165) is 22.3 Å². The molecular weight excluding hydrogens is 314 g/mol. The highest BCUT2D eigenvalue weighted by molar-refractivity contribution is 6.31. The summed E-state index contributed by atoms with van der Waals surface area (Å²) in [4.78, 5) is 2.83. The average molecular weight is 328 g/mol. The predicted octanol–water partition coefficient (Wildman–Crippen LogP) is 5.64. The van der Waals surface area contributed by atoms with E-state index in [9.17, 15) is 0 Å². The zero-order valence-electron chi connectivity index (χ0n) is 12.4. The Kier molecular flexibility index (Phi) is 4.42. The maximum absolute atomic E-state index is 8.63. The minimum absolute atomic E-state index is 0.175. The molecule has 0 radical (unpaired) electrons. The minimum Gasteiger partial charge on any atom is -0.455 e. The van der Waals surface area contributed by atoms with Crippen molar-refractivity contribution in [3.63, 3.8) is 0 Å². The standard InChI is InChI=1S/C17H14ClN3O2/c1-11-4-2-3-5-14(11)12-8-13(10-20-21-19)16(15(18)9-12)17-22-6-7-23-17/h2-9,17H,10H2,1H3. The first-order valence-electron chi connectivity index (χ1n) is 7.06. The summed E-state index contributed by atoms with van der Waals surface area (Å²) < 4.78 is 10.8. The molecule has 0 spiro atoms. The van der Waals surface area contributed by atoms with Gasteiger partial charge in [0.2, 0.25) is 0 Å². The van der Waals surface area contributed by atoms with Crippen molar-refractivity contribution in [3.8, 4) is 11.1 Å². The van der Waals surface area contributed by atoms with E-state index in [1.54, 1.807) is 0 Å². The van der Waals surface area contributed by atoms with Crippen LogP contribution in [-0.2, 0) is 16.0 Å². The van der Waals surface area contributed by atoms with Gasteiger partial charge in [-0.15, -0.1) is 0 Å². The van der Waals surface area contributed by atoms with Crippen molar-refractivity contribution in [2.24, 2.45) is 5.11 Å². The highest BCUT2D eigenvalue weighted by Gasteiger charge is 2.23. The molecule has 0 aromatic heterocycles. The van der Waals surface area contributed by atoms with Crippen LogP contribution in [0.3, 0.4) is 0 Å². The third-order valence-electron chi connectivity index (χ3n) is 3.67. The Bertz CT molecular complexity index is 805. The number of ether oxygens (including phenoxy) is 2. The number of rotatable bonds is 4. The largest absolute Gasteiger partial charge is 0.455 e. The number of azide groups is 1.